The highest BCUT2D eigenvalue weighted by Gasteiger charge is 2.58. The van der Waals surface area contributed by atoms with Crippen molar-refractivity contribution in [1.82, 2.24) is 10.3 Å². The van der Waals surface area contributed by atoms with Crippen LogP contribution in [0.5, 0.6) is 5.75 Å². The Kier molecular flexibility index (Phi) is 4.93. The van der Waals surface area contributed by atoms with E-state index in [1.807, 2.05) is 19.1 Å². The van der Waals surface area contributed by atoms with Crippen LogP contribution in [0.4, 0.5) is 0 Å². The molecular formula is C24H28N2O3. The van der Waals surface area contributed by atoms with E-state index in [1.165, 1.54) is 0 Å². The zero-order valence-corrected chi connectivity index (χ0v) is 17.3. The van der Waals surface area contributed by atoms with E-state index in [4.69, 9.17) is 4.74 Å². The normalized spacial score (nSPS) is 28.2. The smallest absolute Gasteiger partial charge is 0.224 e. The van der Waals surface area contributed by atoms with Crippen molar-refractivity contribution in [3.05, 3.63) is 48.2 Å². The molecule has 0 bridgehead atoms. The third-order valence-corrected chi connectivity index (χ3v) is 6.38. The van der Waals surface area contributed by atoms with Gasteiger partial charge in [0.2, 0.25) is 5.91 Å². The van der Waals surface area contributed by atoms with E-state index < -0.39 is 5.54 Å². The van der Waals surface area contributed by atoms with Crippen LogP contribution in [0, 0.1) is 25.7 Å². The summed E-state index contributed by atoms with van der Waals surface area (Å²) in [6.07, 6.45) is 4.66. The first-order valence-electron chi connectivity index (χ1n) is 10.3. The minimum atomic E-state index is -0.728. The van der Waals surface area contributed by atoms with Crippen LogP contribution in [-0.2, 0) is 9.59 Å². The number of nitrogens with zero attached hydrogens (tertiary/aromatic N) is 1. The standard InChI is InChI=1S/C24H28N2O3/c1-5-18-13-24(18,16(4)27)26-23(28)17-7-8-19(12-17)29-22-11-15(3)25-21-10-14(2)6-9-20(21)22/h5-6,9-11,17-19H,1,7-8,12-13H2,2-4H3,(H,26,28)/t17-,18-,19-,24-/m0/s1. The number of aryl methyl sites for hydroxylation is 2. The molecular weight excluding hydrogens is 364 g/mol. The Bertz CT molecular complexity index is 994. The highest BCUT2D eigenvalue weighted by Crippen LogP contribution is 2.45. The summed E-state index contributed by atoms with van der Waals surface area (Å²) in [6.45, 7) is 9.33. The predicted octanol–water partition coefficient (Wildman–Crippen LogP) is 4.05. The number of ketones is 1. The molecule has 29 heavy (non-hydrogen) atoms. The third kappa shape index (κ3) is 3.66. The van der Waals surface area contributed by atoms with Crippen LogP contribution in [0.2, 0.25) is 0 Å². The Morgan fingerprint density at radius 1 is 1.28 bits per heavy atom. The molecule has 2 aliphatic rings. The molecule has 0 unspecified atom stereocenters. The Balaban J connectivity index is 1.44. The number of amides is 1. The number of carbonyl (C=O) groups excluding carboxylic acids is 2. The number of Topliss-reactive ketones (excluding diaryl/α,β-unsaturated/α-hetero) is 1. The maximum Gasteiger partial charge on any atom is 0.224 e. The second-order valence-corrected chi connectivity index (χ2v) is 8.60. The van der Waals surface area contributed by atoms with Crippen molar-refractivity contribution < 1.29 is 14.3 Å². The first-order chi connectivity index (χ1) is 13.8. The summed E-state index contributed by atoms with van der Waals surface area (Å²) in [5.74, 6) is 0.719. The average molecular weight is 392 g/mol. The maximum atomic E-state index is 12.8. The number of hydrogen-bond acceptors (Lipinski definition) is 4. The van der Waals surface area contributed by atoms with Crippen LogP contribution in [0.3, 0.4) is 0 Å². The predicted molar refractivity (Wildman–Crippen MR) is 113 cm³/mol. The zero-order chi connectivity index (χ0) is 20.8. The summed E-state index contributed by atoms with van der Waals surface area (Å²) >= 11 is 0. The molecule has 0 saturated heterocycles. The molecule has 152 valence electrons. The van der Waals surface area contributed by atoms with Gasteiger partial charge in [-0.05, 0) is 64.2 Å². The lowest BCUT2D eigenvalue weighted by Crippen LogP contribution is -2.46. The summed E-state index contributed by atoms with van der Waals surface area (Å²) in [7, 11) is 0. The summed E-state index contributed by atoms with van der Waals surface area (Å²) < 4.78 is 6.32. The summed E-state index contributed by atoms with van der Waals surface area (Å²) in [5.41, 5.74) is 2.28. The minimum absolute atomic E-state index is 0.00979. The maximum absolute atomic E-state index is 12.8. The summed E-state index contributed by atoms with van der Waals surface area (Å²) in [5, 5.41) is 4.01. The van der Waals surface area contributed by atoms with Crippen LogP contribution in [0.15, 0.2) is 36.9 Å². The van der Waals surface area contributed by atoms with Crippen LogP contribution in [0.1, 0.15) is 43.9 Å². The lowest BCUT2D eigenvalue weighted by atomic mass is 10.0. The Labute approximate surface area is 171 Å². The number of carbonyl (C=O) groups is 2. The highest BCUT2D eigenvalue weighted by molar-refractivity contribution is 5.95. The van der Waals surface area contributed by atoms with E-state index in [-0.39, 0.29) is 29.6 Å². The Morgan fingerprint density at radius 3 is 2.76 bits per heavy atom. The second kappa shape index (κ2) is 7.29. The van der Waals surface area contributed by atoms with E-state index in [0.717, 1.165) is 40.8 Å². The van der Waals surface area contributed by atoms with Gasteiger partial charge in [0.05, 0.1) is 11.6 Å². The molecule has 2 saturated carbocycles. The average Bonchev–Trinajstić information content (AvgIpc) is 3.18. The molecule has 1 heterocycles. The summed E-state index contributed by atoms with van der Waals surface area (Å²) in [4.78, 5) is 29.5. The zero-order valence-electron chi connectivity index (χ0n) is 17.3. The van der Waals surface area contributed by atoms with Gasteiger partial charge in [-0.3, -0.25) is 14.6 Å². The van der Waals surface area contributed by atoms with Gasteiger partial charge in [0, 0.05) is 29.0 Å². The first kappa shape index (κ1) is 19.6. The van der Waals surface area contributed by atoms with Crippen molar-refractivity contribution in [2.24, 2.45) is 11.8 Å². The van der Waals surface area contributed by atoms with Crippen molar-refractivity contribution in [3.8, 4) is 5.75 Å². The van der Waals surface area contributed by atoms with Crippen molar-refractivity contribution in [2.75, 3.05) is 0 Å². The van der Waals surface area contributed by atoms with E-state index in [0.29, 0.717) is 12.8 Å². The molecule has 1 amide bonds. The van der Waals surface area contributed by atoms with E-state index >= 15 is 0 Å². The van der Waals surface area contributed by atoms with Crippen molar-refractivity contribution >= 4 is 22.6 Å². The van der Waals surface area contributed by atoms with Gasteiger partial charge in [0.1, 0.15) is 11.3 Å². The van der Waals surface area contributed by atoms with Gasteiger partial charge in [0.15, 0.2) is 5.78 Å². The van der Waals surface area contributed by atoms with E-state index in [2.05, 4.69) is 35.9 Å². The van der Waals surface area contributed by atoms with Crippen LogP contribution < -0.4 is 10.1 Å². The van der Waals surface area contributed by atoms with Gasteiger partial charge in [-0.2, -0.15) is 0 Å². The third-order valence-electron chi connectivity index (χ3n) is 6.38. The largest absolute Gasteiger partial charge is 0.490 e. The van der Waals surface area contributed by atoms with Crippen LogP contribution in [-0.4, -0.2) is 28.3 Å². The highest BCUT2D eigenvalue weighted by atomic mass is 16.5. The van der Waals surface area contributed by atoms with E-state index in [1.54, 1.807) is 13.0 Å². The first-order valence-corrected chi connectivity index (χ1v) is 10.3. The van der Waals surface area contributed by atoms with Gasteiger partial charge in [-0.15, -0.1) is 6.58 Å². The summed E-state index contributed by atoms with van der Waals surface area (Å²) in [6, 6.07) is 8.14. The van der Waals surface area contributed by atoms with Gasteiger partial charge < -0.3 is 10.1 Å². The SMILES string of the molecule is C=C[C@H]1C[C@]1(NC(=O)[C@H]1CC[C@H](Oc2cc(C)nc3cc(C)ccc23)C1)C(C)=O. The second-order valence-electron chi connectivity index (χ2n) is 8.60. The fourth-order valence-electron chi connectivity index (χ4n) is 4.53. The molecule has 2 aromatic rings. The Hall–Kier alpha value is -2.69. The number of pyridine rings is 1. The molecule has 5 nitrogen and oxygen atoms in total. The van der Waals surface area contributed by atoms with Gasteiger partial charge in [-0.25, -0.2) is 0 Å². The number of fused-ring (bicyclic) bond motifs is 1. The minimum Gasteiger partial charge on any atom is -0.490 e. The topological polar surface area (TPSA) is 68.3 Å². The molecule has 1 aromatic heterocycles. The van der Waals surface area contributed by atoms with Crippen molar-refractivity contribution in [2.45, 2.75) is 58.1 Å². The molecule has 0 radical (unpaired) electrons. The van der Waals surface area contributed by atoms with Crippen molar-refractivity contribution in [1.29, 1.82) is 0 Å². The molecule has 4 rings (SSSR count). The monoisotopic (exact) mass is 392 g/mol. The Morgan fingerprint density at radius 2 is 2.07 bits per heavy atom. The number of nitrogens with one attached hydrogen (secondary N) is 1. The quantitative estimate of drug-likeness (QED) is 0.753. The fraction of sp³-hybridized carbons (Fsp3) is 0.458. The number of hydrogen-bond donors (Lipinski definition) is 1. The molecule has 4 atom stereocenters. The molecule has 2 fully saturated rings. The van der Waals surface area contributed by atoms with Crippen LogP contribution in [0.25, 0.3) is 10.9 Å². The molecule has 0 spiro atoms. The van der Waals surface area contributed by atoms with E-state index in [9.17, 15) is 9.59 Å². The molecule has 1 aromatic carbocycles. The number of benzene rings is 1. The molecule has 2 aliphatic carbocycles. The lowest BCUT2D eigenvalue weighted by Gasteiger charge is -2.19. The van der Waals surface area contributed by atoms with Gasteiger partial charge >= 0.3 is 0 Å². The molecule has 5 heteroatoms. The van der Waals surface area contributed by atoms with Gasteiger partial charge in [-0.1, -0.05) is 12.1 Å². The number of ether oxygens (including phenoxy) is 1. The molecule has 0 aliphatic heterocycles. The van der Waals surface area contributed by atoms with Crippen molar-refractivity contribution in [3.63, 3.8) is 0 Å². The number of rotatable bonds is 6. The number of aromatic nitrogens is 1. The fourth-order valence-corrected chi connectivity index (χ4v) is 4.53. The molecule has 1 N–H and O–H groups in total. The van der Waals surface area contributed by atoms with Crippen LogP contribution >= 0.6 is 0 Å². The lowest BCUT2D eigenvalue weighted by molar-refractivity contribution is -0.130. The van der Waals surface area contributed by atoms with Gasteiger partial charge in [0.25, 0.3) is 0 Å².